The summed E-state index contributed by atoms with van der Waals surface area (Å²) in [6.45, 7) is 4.90. The number of hydrogen-bond acceptors (Lipinski definition) is 4. The van der Waals surface area contributed by atoms with Crippen molar-refractivity contribution in [3.63, 3.8) is 0 Å². The summed E-state index contributed by atoms with van der Waals surface area (Å²) in [5, 5.41) is 3.73. The number of carbonyl (C=O) groups excluding carboxylic acids is 2. The molecular formula is C32H27NO4. The number of nitrogens with zero attached hydrogens (tertiary/aromatic N) is 1. The summed E-state index contributed by atoms with van der Waals surface area (Å²) in [6.07, 6.45) is -0.426. The summed E-state index contributed by atoms with van der Waals surface area (Å²) in [6, 6.07) is 32.2. The molecular weight excluding hydrogens is 462 g/mol. The van der Waals surface area contributed by atoms with Crippen molar-refractivity contribution in [3.8, 4) is 22.6 Å². The average Bonchev–Trinajstić information content (AvgIpc) is 2.94. The van der Waals surface area contributed by atoms with Gasteiger partial charge < -0.3 is 14.4 Å². The van der Waals surface area contributed by atoms with E-state index in [0.29, 0.717) is 41.3 Å². The fraction of sp³-hybridized carbons (Fsp3) is 0.125. The summed E-state index contributed by atoms with van der Waals surface area (Å²) in [5.41, 5.74) is 1.85. The summed E-state index contributed by atoms with van der Waals surface area (Å²) in [5.74, 6) is 0.340. The summed E-state index contributed by atoms with van der Waals surface area (Å²) in [4.78, 5) is 27.8. The molecule has 0 aliphatic heterocycles. The van der Waals surface area contributed by atoms with E-state index in [-0.39, 0.29) is 0 Å². The minimum Gasteiger partial charge on any atom is -0.422 e. The second-order valence-electron chi connectivity index (χ2n) is 8.62. The van der Waals surface area contributed by atoms with Crippen molar-refractivity contribution in [1.29, 1.82) is 0 Å². The Balaban J connectivity index is 1.75. The molecule has 5 aromatic carbocycles. The van der Waals surface area contributed by atoms with E-state index >= 15 is 0 Å². The third-order valence-corrected chi connectivity index (χ3v) is 6.46. The monoisotopic (exact) mass is 489 g/mol. The quantitative estimate of drug-likeness (QED) is 0.181. The molecule has 0 fully saturated rings. The highest BCUT2D eigenvalue weighted by atomic mass is 16.6. The largest absolute Gasteiger partial charge is 0.422 e. The molecule has 0 saturated carbocycles. The zero-order chi connectivity index (χ0) is 25.8. The molecule has 184 valence electrons. The SMILES string of the molecule is CCN(CC)C(=O)Oc1ccc2ccccc2c1-c1c(OC(=O)c2ccccc2)ccc2ccccc12. The highest BCUT2D eigenvalue weighted by Gasteiger charge is 2.23. The normalized spacial score (nSPS) is 10.9. The molecule has 0 bridgehead atoms. The molecule has 5 nitrogen and oxygen atoms in total. The van der Waals surface area contributed by atoms with Crippen LogP contribution in [0.5, 0.6) is 11.5 Å². The Hall–Kier alpha value is -4.64. The number of rotatable bonds is 6. The first-order valence-electron chi connectivity index (χ1n) is 12.4. The zero-order valence-electron chi connectivity index (χ0n) is 20.8. The van der Waals surface area contributed by atoms with E-state index in [4.69, 9.17) is 9.47 Å². The number of amides is 1. The maximum Gasteiger partial charge on any atom is 0.415 e. The van der Waals surface area contributed by atoms with Crippen molar-refractivity contribution in [3.05, 3.63) is 109 Å². The van der Waals surface area contributed by atoms with Crippen molar-refractivity contribution < 1.29 is 19.1 Å². The molecule has 0 aliphatic carbocycles. The molecule has 0 radical (unpaired) electrons. The van der Waals surface area contributed by atoms with Gasteiger partial charge in [-0.3, -0.25) is 0 Å². The summed E-state index contributed by atoms with van der Waals surface area (Å²) < 4.78 is 12.0. The topological polar surface area (TPSA) is 55.8 Å². The molecule has 0 aliphatic rings. The highest BCUT2D eigenvalue weighted by Crippen LogP contribution is 2.45. The number of benzene rings is 5. The van der Waals surface area contributed by atoms with Crippen molar-refractivity contribution in [2.45, 2.75) is 13.8 Å². The number of esters is 1. The second kappa shape index (κ2) is 10.5. The van der Waals surface area contributed by atoms with Gasteiger partial charge in [0.25, 0.3) is 0 Å². The van der Waals surface area contributed by atoms with Crippen molar-refractivity contribution in [2.75, 3.05) is 13.1 Å². The molecule has 0 N–H and O–H groups in total. The first kappa shape index (κ1) is 24.1. The average molecular weight is 490 g/mol. The first-order valence-corrected chi connectivity index (χ1v) is 12.4. The van der Waals surface area contributed by atoms with Crippen LogP contribution in [0.2, 0.25) is 0 Å². The van der Waals surface area contributed by atoms with E-state index in [9.17, 15) is 9.59 Å². The van der Waals surface area contributed by atoms with Crippen LogP contribution < -0.4 is 9.47 Å². The van der Waals surface area contributed by atoms with Crippen LogP contribution in [0.1, 0.15) is 24.2 Å². The van der Waals surface area contributed by atoms with Crippen LogP contribution in [-0.2, 0) is 0 Å². The first-order chi connectivity index (χ1) is 18.1. The fourth-order valence-electron chi connectivity index (χ4n) is 4.56. The van der Waals surface area contributed by atoms with E-state index in [1.54, 1.807) is 35.2 Å². The molecule has 5 rings (SSSR count). The Morgan fingerprint density at radius 2 is 1.08 bits per heavy atom. The van der Waals surface area contributed by atoms with Gasteiger partial charge in [0, 0.05) is 24.2 Å². The van der Waals surface area contributed by atoms with Crippen molar-refractivity contribution in [2.24, 2.45) is 0 Å². The fourth-order valence-corrected chi connectivity index (χ4v) is 4.56. The lowest BCUT2D eigenvalue weighted by Gasteiger charge is -2.21. The van der Waals surface area contributed by atoms with Crippen LogP contribution in [0.25, 0.3) is 32.7 Å². The Kier molecular flexibility index (Phi) is 6.86. The molecule has 0 saturated heterocycles. The lowest BCUT2D eigenvalue weighted by atomic mass is 9.92. The van der Waals surface area contributed by atoms with Crippen LogP contribution in [0.3, 0.4) is 0 Å². The van der Waals surface area contributed by atoms with Crippen LogP contribution in [-0.4, -0.2) is 30.1 Å². The van der Waals surface area contributed by atoms with Gasteiger partial charge in [-0.1, -0.05) is 78.9 Å². The lowest BCUT2D eigenvalue weighted by Crippen LogP contribution is -2.33. The van der Waals surface area contributed by atoms with Crippen LogP contribution >= 0.6 is 0 Å². The predicted molar refractivity (Wildman–Crippen MR) is 147 cm³/mol. The lowest BCUT2D eigenvalue weighted by molar-refractivity contribution is 0.0735. The van der Waals surface area contributed by atoms with E-state index in [1.807, 2.05) is 86.6 Å². The smallest absolute Gasteiger partial charge is 0.415 e. The molecule has 0 aromatic heterocycles. The molecule has 0 unspecified atom stereocenters. The Labute approximate surface area is 215 Å². The van der Waals surface area contributed by atoms with Gasteiger partial charge in [-0.05, 0) is 59.7 Å². The predicted octanol–water partition coefficient (Wildman–Crippen LogP) is 7.72. The molecule has 0 spiro atoms. The molecule has 0 atom stereocenters. The standard InChI is InChI=1S/C32H27NO4/c1-3-33(4-2)32(35)37-28-21-19-23-13-9-11-17-26(23)30(28)29-25-16-10-8-12-22(25)18-20-27(29)36-31(34)24-14-6-5-7-15-24/h5-21H,3-4H2,1-2H3. The van der Waals surface area contributed by atoms with Gasteiger partial charge in [0.15, 0.2) is 0 Å². The van der Waals surface area contributed by atoms with Gasteiger partial charge in [0.1, 0.15) is 11.5 Å². The van der Waals surface area contributed by atoms with E-state index in [1.165, 1.54) is 0 Å². The van der Waals surface area contributed by atoms with Gasteiger partial charge in [0.2, 0.25) is 0 Å². The Morgan fingerprint density at radius 1 is 0.595 bits per heavy atom. The minimum absolute atomic E-state index is 0.393. The Bertz CT molecular complexity index is 1590. The number of ether oxygens (including phenoxy) is 2. The molecule has 5 heteroatoms. The van der Waals surface area contributed by atoms with E-state index < -0.39 is 12.1 Å². The highest BCUT2D eigenvalue weighted by molar-refractivity contribution is 6.10. The molecule has 37 heavy (non-hydrogen) atoms. The van der Waals surface area contributed by atoms with Gasteiger partial charge >= 0.3 is 12.1 Å². The van der Waals surface area contributed by atoms with Gasteiger partial charge in [0.05, 0.1) is 5.56 Å². The minimum atomic E-state index is -0.459. The molecule has 1 amide bonds. The van der Waals surface area contributed by atoms with Crippen molar-refractivity contribution >= 4 is 33.6 Å². The number of carbonyl (C=O) groups is 2. The van der Waals surface area contributed by atoms with Crippen LogP contribution in [0.4, 0.5) is 4.79 Å². The Morgan fingerprint density at radius 3 is 1.62 bits per heavy atom. The van der Waals surface area contributed by atoms with Gasteiger partial charge in [-0.25, -0.2) is 9.59 Å². The zero-order valence-corrected chi connectivity index (χ0v) is 20.8. The maximum atomic E-state index is 13.1. The van der Waals surface area contributed by atoms with E-state index in [2.05, 4.69) is 0 Å². The third-order valence-electron chi connectivity index (χ3n) is 6.46. The maximum absolute atomic E-state index is 13.1. The van der Waals surface area contributed by atoms with Gasteiger partial charge in [-0.15, -0.1) is 0 Å². The summed E-state index contributed by atoms with van der Waals surface area (Å²) >= 11 is 0. The third kappa shape index (κ3) is 4.76. The molecule has 0 heterocycles. The summed E-state index contributed by atoms with van der Waals surface area (Å²) in [7, 11) is 0. The van der Waals surface area contributed by atoms with Crippen LogP contribution in [0.15, 0.2) is 103 Å². The number of fused-ring (bicyclic) bond motifs is 2. The van der Waals surface area contributed by atoms with Crippen molar-refractivity contribution in [1.82, 2.24) is 4.90 Å². The second-order valence-corrected chi connectivity index (χ2v) is 8.62. The van der Waals surface area contributed by atoms with Gasteiger partial charge in [-0.2, -0.15) is 0 Å². The van der Waals surface area contributed by atoms with E-state index in [0.717, 1.165) is 21.5 Å². The molecule has 5 aromatic rings. The van der Waals surface area contributed by atoms with Crippen LogP contribution in [0, 0.1) is 0 Å². The number of hydrogen-bond donors (Lipinski definition) is 0.